The van der Waals surface area contributed by atoms with Gasteiger partial charge in [-0.2, -0.15) is 5.10 Å². The molecule has 0 saturated heterocycles. The van der Waals surface area contributed by atoms with Crippen LogP contribution in [0, 0.1) is 6.92 Å². The number of para-hydroxylation sites is 2. The van der Waals surface area contributed by atoms with Crippen molar-refractivity contribution in [2.75, 3.05) is 19.8 Å². The van der Waals surface area contributed by atoms with Crippen LogP contribution in [-0.2, 0) is 19.4 Å². The molecule has 1 aliphatic heterocycles. The molecular weight excluding hydrogens is 390 g/mol. The summed E-state index contributed by atoms with van der Waals surface area (Å²) in [5.41, 5.74) is 6.01. The van der Waals surface area contributed by atoms with E-state index in [-0.39, 0.29) is 5.91 Å². The monoisotopic (exact) mass is 417 g/mol. The second kappa shape index (κ2) is 8.10. The molecule has 0 fully saturated rings. The highest BCUT2D eigenvalue weighted by Gasteiger charge is 2.30. The highest BCUT2D eigenvalue weighted by atomic mass is 16.6. The molecule has 31 heavy (non-hydrogen) atoms. The predicted molar refractivity (Wildman–Crippen MR) is 118 cm³/mol. The molecule has 0 spiro atoms. The lowest BCUT2D eigenvalue weighted by Crippen LogP contribution is -2.32. The fraction of sp³-hybridized carbons (Fsp3) is 0.360. The van der Waals surface area contributed by atoms with Crippen LogP contribution in [0.3, 0.4) is 0 Å². The van der Waals surface area contributed by atoms with E-state index < -0.39 is 0 Å². The van der Waals surface area contributed by atoms with Crippen LogP contribution in [0.25, 0.3) is 5.69 Å². The first kappa shape index (κ1) is 19.7. The van der Waals surface area contributed by atoms with Crippen LogP contribution in [0.1, 0.15) is 46.2 Å². The molecule has 0 saturated carbocycles. The van der Waals surface area contributed by atoms with Gasteiger partial charge in [0.15, 0.2) is 17.2 Å². The van der Waals surface area contributed by atoms with Crippen molar-refractivity contribution >= 4 is 5.91 Å². The summed E-state index contributed by atoms with van der Waals surface area (Å²) in [4.78, 5) is 15.5. The number of hydrogen-bond donors (Lipinski definition) is 0. The summed E-state index contributed by atoms with van der Waals surface area (Å²) >= 11 is 0. The van der Waals surface area contributed by atoms with Gasteiger partial charge in [-0.05, 0) is 50.8 Å². The van der Waals surface area contributed by atoms with Gasteiger partial charge in [0, 0.05) is 29.9 Å². The lowest BCUT2D eigenvalue weighted by atomic mass is 10.1. The third-order valence-corrected chi connectivity index (χ3v) is 6.15. The molecule has 1 amide bonds. The number of benzene rings is 2. The second-order valence-electron chi connectivity index (χ2n) is 8.09. The van der Waals surface area contributed by atoms with E-state index in [1.165, 1.54) is 5.69 Å². The molecule has 6 nitrogen and oxygen atoms in total. The van der Waals surface area contributed by atoms with Gasteiger partial charge in [-0.3, -0.25) is 4.79 Å². The summed E-state index contributed by atoms with van der Waals surface area (Å²) in [6.45, 7) is 6.22. The quantitative estimate of drug-likeness (QED) is 0.627. The Morgan fingerprint density at radius 2 is 1.94 bits per heavy atom. The molecule has 1 aromatic heterocycles. The highest BCUT2D eigenvalue weighted by molar-refractivity contribution is 5.94. The minimum absolute atomic E-state index is 0.0256. The van der Waals surface area contributed by atoms with E-state index in [4.69, 9.17) is 14.6 Å². The highest BCUT2D eigenvalue weighted by Crippen LogP contribution is 2.35. The van der Waals surface area contributed by atoms with Gasteiger partial charge in [-0.15, -0.1) is 0 Å². The number of aromatic nitrogens is 2. The smallest absolute Gasteiger partial charge is 0.274 e. The molecule has 0 N–H and O–H groups in total. The van der Waals surface area contributed by atoms with Gasteiger partial charge in [-0.1, -0.05) is 30.3 Å². The van der Waals surface area contributed by atoms with Crippen LogP contribution < -0.4 is 9.47 Å². The molecule has 3 aromatic rings. The van der Waals surface area contributed by atoms with Crippen LogP contribution in [0.15, 0.2) is 42.5 Å². The lowest BCUT2D eigenvalue weighted by Gasteiger charge is -2.25. The fourth-order valence-electron chi connectivity index (χ4n) is 4.55. The predicted octanol–water partition coefficient (Wildman–Crippen LogP) is 4.10. The van der Waals surface area contributed by atoms with Crippen LogP contribution >= 0.6 is 0 Å². The number of rotatable bonds is 5. The largest absolute Gasteiger partial charge is 0.486 e. The van der Waals surface area contributed by atoms with E-state index in [0.717, 1.165) is 53.1 Å². The van der Waals surface area contributed by atoms with Gasteiger partial charge < -0.3 is 14.4 Å². The van der Waals surface area contributed by atoms with Gasteiger partial charge in [0.2, 0.25) is 0 Å². The Labute approximate surface area is 182 Å². The molecule has 0 unspecified atom stereocenters. The molecule has 160 valence electrons. The molecule has 2 aromatic carbocycles. The van der Waals surface area contributed by atoms with Crippen molar-refractivity contribution < 1.29 is 14.3 Å². The Morgan fingerprint density at radius 1 is 1.10 bits per heavy atom. The number of amides is 1. The van der Waals surface area contributed by atoms with Crippen molar-refractivity contribution in [3.05, 3.63) is 70.5 Å². The Bertz CT molecular complexity index is 1140. The molecule has 5 rings (SSSR count). The first-order chi connectivity index (χ1) is 15.2. The van der Waals surface area contributed by atoms with E-state index in [1.807, 2.05) is 46.8 Å². The normalized spacial score (nSPS) is 14.4. The second-order valence-corrected chi connectivity index (χ2v) is 8.09. The Balaban J connectivity index is 1.49. The fourth-order valence-corrected chi connectivity index (χ4v) is 4.55. The Hall–Kier alpha value is -3.28. The van der Waals surface area contributed by atoms with Gasteiger partial charge in [0.25, 0.3) is 5.91 Å². The molecule has 0 radical (unpaired) electrons. The Morgan fingerprint density at radius 3 is 2.77 bits per heavy atom. The molecule has 1 aliphatic carbocycles. The van der Waals surface area contributed by atoms with Crippen molar-refractivity contribution in [3.63, 3.8) is 0 Å². The molecule has 0 bridgehead atoms. The number of carbonyl (C=O) groups is 1. The minimum atomic E-state index is -0.0256. The standard InChI is InChI=1S/C25H27N3O3/c1-3-27(16-18-9-6-13-22-24(18)31-15-14-30-22)25(29)23-19-10-7-12-21(19)28(26-23)20-11-5-4-8-17(20)2/h4-6,8-9,11,13H,3,7,10,12,14-16H2,1-2H3. The number of aryl methyl sites for hydroxylation is 1. The number of fused-ring (bicyclic) bond motifs is 2. The van der Waals surface area contributed by atoms with Crippen molar-refractivity contribution in [3.8, 4) is 17.2 Å². The molecule has 2 aliphatic rings. The third kappa shape index (κ3) is 3.46. The molecule has 0 atom stereocenters. The topological polar surface area (TPSA) is 56.6 Å². The van der Waals surface area contributed by atoms with Crippen molar-refractivity contribution in [1.82, 2.24) is 14.7 Å². The average Bonchev–Trinajstić information content (AvgIpc) is 3.41. The van der Waals surface area contributed by atoms with Gasteiger partial charge in [0.1, 0.15) is 13.2 Å². The molecular formula is C25H27N3O3. The van der Waals surface area contributed by atoms with E-state index in [0.29, 0.717) is 32.0 Å². The minimum Gasteiger partial charge on any atom is -0.486 e. The van der Waals surface area contributed by atoms with E-state index in [1.54, 1.807) is 0 Å². The van der Waals surface area contributed by atoms with E-state index in [2.05, 4.69) is 19.1 Å². The summed E-state index contributed by atoms with van der Waals surface area (Å²) in [6, 6.07) is 14.1. The summed E-state index contributed by atoms with van der Waals surface area (Å²) in [6.07, 6.45) is 2.91. The summed E-state index contributed by atoms with van der Waals surface area (Å²) in [7, 11) is 0. The summed E-state index contributed by atoms with van der Waals surface area (Å²) in [5, 5.41) is 4.83. The van der Waals surface area contributed by atoms with Gasteiger partial charge in [-0.25, -0.2) is 4.68 Å². The van der Waals surface area contributed by atoms with Crippen LogP contribution in [0.2, 0.25) is 0 Å². The number of hydrogen-bond acceptors (Lipinski definition) is 4. The molecule has 6 heteroatoms. The average molecular weight is 418 g/mol. The maximum atomic E-state index is 13.6. The van der Waals surface area contributed by atoms with E-state index >= 15 is 0 Å². The first-order valence-electron chi connectivity index (χ1n) is 11.0. The zero-order valence-corrected chi connectivity index (χ0v) is 18.1. The van der Waals surface area contributed by atoms with Crippen molar-refractivity contribution in [1.29, 1.82) is 0 Å². The maximum absolute atomic E-state index is 13.6. The SMILES string of the molecule is CCN(Cc1cccc2c1OCCO2)C(=O)c1nn(-c2ccccc2C)c2c1CCC2. The lowest BCUT2D eigenvalue weighted by molar-refractivity contribution is 0.0741. The van der Waals surface area contributed by atoms with Crippen LogP contribution in [0.4, 0.5) is 0 Å². The number of ether oxygens (including phenoxy) is 2. The molecule has 2 heterocycles. The van der Waals surface area contributed by atoms with Gasteiger partial charge >= 0.3 is 0 Å². The zero-order chi connectivity index (χ0) is 21.4. The Kier molecular flexibility index (Phi) is 5.14. The summed E-state index contributed by atoms with van der Waals surface area (Å²) < 4.78 is 13.5. The maximum Gasteiger partial charge on any atom is 0.274 e. The third-order valence-electron chi connectivity index (χ3n) is 6.15. The summed E-state index contributed by atoms with van der Waals surface area (Å²) in [5.74, 6) is 1.47. The van der Waals surface area contributed by atoms with Crippen molar-refractivity contribution in [2.45, 2.75) is 39.7 Å². The van der Waals surface area contributed by atoms with Crippen molar-refractivity contribution in [2.24, 2.45) is 0 Å². The number of carbonyl (C=O) groups excluding carboxylic acids is 1. The number of nitrogens with zero attached hydrogens (tertiary/aromatic N) is 3. The zero-order valence-electron chi connectivity index (χ0n) is 18.1. The van der Waals surface area contributed by atoms with E-state index in [9.17, 15) is 4.79 Å². The van der Waals surface area contributed by atoms with Crippen LogP contribution in [-0.4, -0.2) is 40.3 Å². The van der Waals surface area contributed by atoms with Gasteiger partial charge in [0.05, 0.1) is 5.69 Å². The van der Waals surface area contributed by atoms with Crippen LogP contribution in [0.5, 0.6) is 11.5 Å². The first-order valence-corrected chi connectivity index (χ1v) is 11.0.